The molecule has 0 saturated heterocycles. The molecule has 7 heteroatoms. The number of amides is 1. The first kappa shape index (κ1) is 16.1. The van der Waals surface area contributed by atoms with E-state index in [2.05, 4.69) is 15.3 Å². The number of nitrogen functional groups attached to an aromatic ring is 2. The summed E-state index contributed by atoms with van der Waals surface area (Å²) >= 11 is 1.22. The number of aromatic nitrogens is 2. The zero-order valence-corrected chi connectivity index (χ0v) is 13.6. The lowest BCUT2D eigenvalue weighted by Gasteiger charge is -2.13. The highest BCUT2D eigenvalue weighted by Crippen LogP contribution is 2.23. The van der Waals surface area contributed by atoms with Crippen LogP contribution in [0.2, 0.25) is 0 Å². The zero-order chi connectivity index (χ0) is 16.3. The first-order valence-corrected chi connectivity index (χ1v) is 7.68. The van der Waals surface area contributed by atoms with Crippen molar-refractivity contribution in [1.82, 2.24) is 9.97 Å². The summed E-state index contributed by atoms with van der Waals surface area (Å²) < 4.78 is 0. The minimum atomic E-state index is -0.374. The van der Waals surface area contributed by atoms with E-state index in [0.717, 1.165) is 16.8 Å². The Bertz CT molecular complexity index is 684. The maximum Gasteiger partial charge on any atom is 0.237 e. The van der Waals surface area contributed by atoms with Crippen molar-refractivity contribution in [1.29, 1.82) is 0 Å². The van der Waals surface area contributed by atoms with E-state index in [1.54, 1.807) is 6.92 Å². The predicted octanol–water partition coefficient (Wildman–Crippen LogP) is 2.38. The van der Waals surface area contributed by atoms with E-state index in [0.29, 0.717) is 5.16 Å². The molecule has 1 aromatic heterocycles. The summed E-state index contributed by atoms with van der Waals surface area (Å²) in [4.78, 5) is 20.4. The van der Waals surface area contributed by atoms with E-state index in [9.17, 15) is 4.79 Å². The van der Waals surface area contributed by atoms with Gasteiger partial charge in [-0.15, -0.1) is 0 Å². The fraction of sp³-hybridized carbons (Fsp3) is 0.267. The van der Waals surface area contributed by atoms with Crippen LogP contribution in [0.1, 0.15) is 18.1 Å². The number of benzene rings is 1. The molecular weight excluding hydrogens is 298 g/mol. The van der Waals surface area contributed by atoms with E-state index in [1.807, 2.05) is 32.0 Å². The van der Waals surface area contributed by atoms with Crippen LogP contribution in [-0.2, 0) is 4.79 Å². The van der Waals surface area contributed by atoms with Crippen LogP contribution in [0.3, 0.4) is 0 Å². The van der Waals surface area contributed by atoms with Crippen molar-refractivity contribution in [3.8, 4) is 0 Å². The molecule has 5 N–H and O–H groups in total. The van der Waals surface area contributed by atoms with Crippen LogP contribution in [0.5, 0.6) is 0 Å². The molecule has 0 spiro atoms. The molecule has 2 rings (SSSR count). The molecule has 1 unspecified atom stereocenters. The van der Waals surface area contributed by atoms with E-state index >= 15 is 0 Å². The maximum atomic E-state index is 12.3. The molecule has 1 atom stereocenters. The van der Waals surface area contributed by atoms with Gasteiger partial charge in [-0.1, -0.05) is 23.9 Å². The Morgan fingerprint density at radius 3 is 2.45 bits per heavy atom. The van der Waals surface area contributed by atoms with Crippen LogP contribution in [0.15, 0.2) is 29.4 Å². The van der Waals surface area contributed by atoms with Crippen molar-refractivity contribution in [3.05, 3.63) is 35.4 Å². The number of nitrogens with zero attached hydrogens (tertiary/aromatic N) is 2. The smallest absolute Gasteiger partial charge is 0.237 e. The molecule has 1 aromatic carbocycles. The minimum absolute atomic E-state index is 0.122. The molecule has 0 bridgehead atoms. The van der Waals surface area contributed by atoms with Gasteiger partial charge in [0.05, 0.1) is 5.25 Å². The van der Waals surface area contributed by atoms with Gasteiger partial charge in [0.2, 0.25) is 5.91 Å². The molecule has 0 aliphatic rings. The third-order valence-electron chi connectivity index (χ3n) is 3.05. The number of nitrogens with two attached hydrogens (primary N) is 2. The topological polar surface area (TPSA) is 107 Å². The largest absolute Gasteiger partial charge is 0.383 e. The third-order valence-corrected chi connectivity index (χ3v) is 4.01. The predicted molar refractivity (Wildman–Crippen MR) is 90.7 cm³/mol. The molecule has 0 fully saturated rings. The van der Waals surface area contributed by atoms with Crippen molar-refractivity contribution < 1.29 is 4.79 Å². The summed E-state index contributed by atoms with van der Waals surface area (Å²) in [5.74, 6) is 0.456. The number of anilines is 3. The number of carbonyl (C=O) groups is 1. The number of thioether (sulfide) groups is 1. The van der Waals surface area contributed by atoms with Gasteiger partial charge in [-0.3, -0.25) is 4.79 Å². The van der Waals surface area contributed by atoms with Crippen LogP contribution < -0.4 is 16.8 Å². The molecular formula is C15H19N5OS. The molecule has 0 aliphatic carbocycles. The molecule has 6 nitrogen and oxygen atoms in total. The van der Waals surface area contributed by atoms with Crippen molar-refractivity contribution in [3.63, 3.8) is 0 Å². The van der Waals surface area contributed by atoms with Crippen molar-refractivity contribution in [2.45, 2.75) is 31.2 Å². The number of hydrogen-bond donors (Lipinski definition) is 3. The first-order valence-electron chi connectivity index (χ1n) is 6.80. The average Bonchev–Trinajstić information content (AvgIpc) is 2.41. The Morgan fingerprint density at radius 2 is 1.82 bits per heavy atom. The molecule has 116 valence electrons. The van der Waals surface area contributed by atoms with Gasteiger partial charge in [0.25, 0.3) is 0 Å². The van der Waals surface area contributed by atoms with Crippen molar-refractivity contribution in [2.75, 3.05) is 16.8 Å². The summed E-state index contributed by atoms with van der Waals surface area (Å²) in [6, 6.07) is 7.40. The lowest BCUT2D eigenvalue weighted by atomic mass is 10.1. The third kappa shape index (κ3) is 4.11. The molecule has 0 radical (unpaired) electrons. The standard InChI is InChI=1S/C15H19N5OS/c1-8-4-5-9(2)11(6-8)18-14(21)10(3)22-15-19-12(16)7-13(17)20-15/h4-7,10H,1-3H3,(H,18,21)(H4,16,17,19,20). The number of hydrogen-bond acceptors (Lipinski definition) is 6. The summed E-state index contributed by atoms with van der Waals surface area (Å²) in [6.45, 7) is 5.72. The Hall–Kier alpha value is -2.28. The second-order valence-electron chi connectivity index (χ2n) is 5.07. The van der Waals surface area contributed by atoms with E-state index < -0.39 is 0 Å². The fourth-order valence-corrected chi connectivity index (χ4v) is 2.63. The van der Waals surface area contributed by atoms with Gasteiger partial charge in [-0.25, -0.2) is 9.97 Å². The van der Waals surface area contributed by atoms with Gasteiger partial charge < -0.3 is 16.8 Å². The van der Waals surface area contributed by atoms with Crippen LogP contribution in [0.4, 0.5) is 17.3 Å². The van der Waals surface area contributed by atoms with Crippen molar-refractivity contribution in [2.24, 2.45) is 0 Å². The zero-order valence-electron chi connectivity index (χ0n) is 12.8. The molecule has 22 heavy (non-hydrogen) atoms. The van der Waals surface area contributed by atoms with Gasteiger partial charge >= 0.3 is 0 Å². The minimum Gasteiger partial charge on any atom is -0.383 e. The number of carbonyl (C=O) groups excluding carboxylic acids is 1. The normalized spacial score (nSPS) is 12.0. The molecule has 0 aliphatic heterocycles. The Kier molecular flexibility index (Phi) is 4.87. The second kappa shape index (κ2) is 6.65. The summed E-state index contributed by atoms with van der Waals surface area (Å²) in [6.07, 6.45) is 0. The lowest BCUT2D eigenvalue weighted by Crippen LogP contribution is -2.23. The second-order valence-corrected chi connectivity index (χ2v) is 6.38. The molecule has 1 amide bonds. The van der Waals surface area contributed by atoms with Crippen LogP contribution in [0.25, 0.3) is 0 Å². The summed E-state index contributed by atoms with van der Waals surface area (Å²) in [7, 11) is 0. The van der Waals surface area contributed by atoms with Gasteiger partial charge in [0.15, 0.2) is 5.16 Å². The van der Waals surface area contributed by atoms with E-state index in [-0.39, 0.29) is 22.8 Å². The van der Waals surface area contributed by atoms with Gasteiger partial charge in [0.1, 0.15) is 11.6 Å². The SMILES string of the molecule is Cc1ccc(C)c(NC(=O)C(C)Sc2nc(N)cc(N)n2)c1. The lowest BCUT2D eigenvalue weighted by molar-refractivity contribution is -0.115. The molecule has 1 heterocycles. The van der Waals surface area contributed by atoms with Gasteiger partial charge in [0, 0.05) is 11.8 Å². The Labute approximate surface area is 133 Å². The monoisotopic (exact) mass is 317 g/mol. The highest BCUT2D eigenvalue weighted by atomic mass is 32.2. The fourth-order valence-electron chi connectivity index (χ4n) is 1.83. The quantitative estimate of drug-likeness (QED) is 0.590. The first-order chi connectivity index (χ1) is 10.3. The Balaban J connectivity index is 2.07. The summed E-state index contributed by atoms with van der Waals surface area (Å²) in [5.41, 5.74) is 14.2. The van der Waals surface area contributed by atoms with Crippen LogP contribution in [-0.4, -0.2) is 21.1 Å². The van der Waals surface area contributed by atoms with Gasteiger partial charge in [-0.05, 0) is 38.0 Å². The van der Waals surface area contributed by atoms with Crippen molar-refractivity contribution >= 4 is 35.0 Å². The Morgan fingerprint density at radius 1 is 1.18 bits per heavy atom. The number of rotatable bonds is 4. The van der Waals surface area contributed by atoms with Crippen LogP contribution in [0, 0.1) is 13.8 Å². The van der Waals surface area contributed by atoms with E-state index in [4.69, 9.17) is 11.5 Å². The highest BCUT2D eigenvalue weighted by Gasteiger charge is 2.17. The maximum absolute atomic E-state index is 12.3. The summed E-state index contributed by atoms with van der Waals surface area (Å²) in [5, 5.41) is 2.94. The van der Waals surface area contributed by atoms with Gasteiger partial charge in [-0.2, -0.15) is 0 Å². The van der Waals surface area contributed by atoms with E-state index in [1.165, 1.54) is 17.8 Å². The number of aryl methyl sites for hydroxylation is 2. The average molecular weight is 317 g/mol. The molecule has 2 aromatic rings. The molecule has 0 saturated carbocycles. The van der Waals surface area contributed by atoms with Crippen LogP contribution >= 0.6 is 11.8 Å². The number of nitrogens with one attached hydrogen (secondary N) is 1. The highest BCUT2D eigenvalue weighted by molar-refractivity contribution is 8.00.